The minimum absolute atomic E-state index is 0.135. The largest absolute Gasteiger partial charge is 0.461 e. The van der Waals surface area contributed by atoms with Crippen LogP contribution in [0, 0.1) is 10.1 Å². The number of nitro groups is 1. The molecule has 1 heterocycles. The lowest BCUT2D eigenvalue weighted by molar-refractivity contribution is -0.384. The summed E-state index contributed by atoms with van der Waals surface area (Å²) in [7, 11) is 0. The Hall–Kier alpha value is -1.88. The van der Waals surface area contributed by atoms with E-state index >= 15 is 0 Å². The number of aryl methyl sites for hydroxylation is 1. The Labute approximate surface area is 123 Å². The van der Waals surface area contributed by atoms with Gasteiger partial charge < -0.3 is 9.32 Å². The molecule has 1 atom stereocenters. The lowest BCUT2D eigenvalue weighted by Gasteiger charge is -2.32. The Balaban J connectivity index is 2.01. The van der Waals surface area contributed by atoms with Crippen LogP contribution >= 0.6 is 0 Å². The molecule has 1 aromatic heterocycles. The van der Waals surface area contributed by atoms with Crippen LogP contribution in [0.4, 0.5) is 5.69 Å². The molecule has 0 amide bonds. The van der Waals surface area contributed by atoms with Gasteiger partial charge in [0.2, 0.25) is 0 Å². The number of nitro benzene ring substituents is 1. The molecule has 0 aliphatic heterocycles. The lowest BCUT2D eigenvalue weighted by Crippen LogP contribution is -2.38. The predicted molar refractivity (Wildman–Crippen MR) is 81.6 cm³/mol. The summed E-state index contributed by atoms with van der Waals surface area (Å²) in [4.78, 5) is 13.1. The van der Waals surface area contributed by atoms with Crippen LogP contribution in [0.3, 0.4) is 0 Å². The second kappa shape index (κ2) is 5.48. The van der Waals surface area contributed by atoms with Crippen molar-refractivity contribution in [1.82, 2.24) is 4.90 Å². The summed E-state index contributed by atoms with van der Waals surface area (Å²) in [6.45, 7) is 6.42. The van der Waals surface area contributed by atoms with Gasteiger partial charge in [0.1, 0.15) is 11.3 Å². The summed E-state index contributed by atoms with van der Waals surface area (Å²) in [5.74, 6) is 1.01. The molecule has 1 aliphatic rings. The fraction of sp³-hybridized carbons (Fsp3) is 0.500. The molecular weight excluding hydrogens is 268 g/mol. The van der Waals surface area contributed by atoms with E-state index in [4.69, 9.17) is 4.42 Å². The number of rotatable bonds is 4. The van der Waals surface area contributed by atoms with E-state index in [2.05, 4.69) is 18.7 Å². The molecule has 21 heavy (non-hydrogen) atoms. The average Bonchev–Trinajstić information content (AvgIpc) is 2.85. The van der Waals surface area contributed by atoms with Gasteiger partial charge in [0.15, 0.2) is 0 Å². The first-order chi connectivity index (χ1) is 10.1. The van der Waals surface area contributed by atoms with Gasteiger partial charge in [-0.05, 0) is 32.0 Å². The summed E-state index contributed by atoms with van der Waals surface area (Å²) >= 11 is 0. The van der Waals surface area contributed by atoms with Crippen molar-refractivity contribution in [3.63, 3.8) is 0 Å². The van der Waals surface area contributed by atoms with Crippen molar-refractivity contribution in [1.29, 1.82) is 0 Å². The maximum absolute atomic E-state index is 11.0. The van der Waals surface area contributed by atoms with Crippen LogP contribution in [0.25, 0.3) is 11.0 Å². The molecule has 0 spiro atoms. The van der Waals surface area contributed by atoms with E-state index in [9.17, 15) is 10.1 Å². The number of nitrogens with zero attached hydrogens (tertiary/aromatic N) is 2. The molecule has 1 unspecified atom stereocenters. The van der Waals surface area contributed by atoms with Gasteiger partial charge in [-0.15, -0.1) is 0 Å². The van der Waals surface area contributed by atoms with Crippen molar-refractivity contribution in [3.05, 3.63) is 39.6 Å². The van der Waals surface area contributed by atoms with Crippen molar-refractivity contribution in [2.75, 3.05) is 13.1 Å². The topological polar surface area (TPSA) is 59.5 Å². The highest BCUT2D eigenvalue weighted by Crippen LogP contribution is 2.35. The number of non-ortho nitro benzene ring substituents is 1. The summed E-state index contributed by atoms with van der Waals surface area (Å²) in [5.41, 5.74) is 2.07. The summed E-state index contributed by atoms with van der Waals surface area (Å²) in [5, 5.41) is 11.9. The highest BCUT2D eigenvalue weighted by atomic mass is 16.6. The third-order valence-electron chi connectivity index (χ3n) is 4.54. The van der Waals surface area contributed by atoms with E-state index in [1.165, 1.54) is 6.07 Å². The molecule has 5 nitrogen and oxygen atoms in total. The monoisotopic (exact) mass is 288 g/mol. The van der Waals surface area contributed by atoms with Crippen LogP contribution in [0.15, 0.2) is 22.6 Å². The van der Waals surface area contributed by atoms with Gasteiger partial charge in [0.05, 0.1) is 4.92 Å². The molecular formula is C16H20N2O3. The van der Waals surface area contributed by atoms with Crippen molar-refractivity contribution in [2.24, 2.45) is 0 Å². The molecule has 112 valence electrons. The Kier molecular flexibility index (Phi) is 3.68. The van der Waals surface area contributed by atoms with Gasteiger partial charge in [-0.1, -0.05) is 13.8 Å². The minimum atomic E-state index is -0.344. The van der Waals surface area contributed by atoms with Gasteiger partial charge in [-0.25, -0.2) is 0 Å². The third-order valence-corrected chi connectivity index (χ3v) is 4.54. The molecule has 2 aromatic rings. The van der Waals surface area contributed by atoms with E-state index in [1.807, 2.05) is 0 Å². The summed E-state index contributed by atoms with van der Waals surface area (Å²) < 4.78 is 5.88. The average molecular weight is 288 g/mol. The minimum Gasteiger partial charge on any atom is -0.461 e. The molecule has 0 saturated carbocycles. The Morgan fingerprint density at radius 2 is 2.14 bits per heavy atom. The molecule has 0 saturated heterocycles. The van der Waals surface area contributed by atoms with Crippen LogP contribution in [0.1, 0.15) is 31.6 Å². The zero-order valence-corrected chi connectivity index (χ0v) is 12.5. The summed E-state index contributed by atoms with van der Waals surface area (Å²) in [6.07, 6.45) is 2.93. The molecule has 1 aromatic carbocycles. The normalized spacial score (nSPS) is 18.1. The quantitative estimate of drug-likeness (QED) is 0.637. The fourth-order valence-corrected chi connectivity index (χ4v) is 3.41. The van der Waals surface area contributed by atoms with E-state index in [0.717, 1.165) is 54.6 Å². The van der Waals surface area contributed by atoms with Crippen molar-refractivity contribution in [2.45, 2.75) is 39.2 Å². The highest BCUT2D eigenvalue weighted by Gasteiger charge is 2.27. The number of likely N-dealkylation sites (N-methyl/N-ethyl adjacent to an activating group) is 1. The van der Waals surface area contributed by atoms with E-state index in [1.54, 1.807) is 12.1 Å². The zero-order chi connectivity index (χ0) is 15.0. The van der Waals surface area contributed by atoms with Gasteiger partial charge >= 0.3 is 0 Å². The first-order valence-electron chi connectivity index (χ1n) is 7.56. The van der Waals surface area contributed by atoms with Crippen LogP contribution in [-0.2, 0) is 12.8 Å². The Bertz CT molecular complexity index is 673. The van der Waals surface area contributed by atoms with E-state index < -0.39 is 0 Å². The lowest BCUT2D eigenvalue weighted by atomic mass is 9.90. The Morgan fingerprint density at radius 3 is 2.81 bits per heavy atom. The number of fused-ring (bicyclic) bond motifs is 3. The Morgan fingerprint density at radius 1 is 1.38 bits per heavy atom. The summed E-state index contributed by atoms with van der Waals surface area (Å²) in [6, 6.07) is 5.40. The maximum atomic E-state index is 11.0. The number of benzene rings is 1. The molecule has 0 bridgehead atoms. The van der Waals surface area contributed by atoms with Crippen LogP contribution in [-0.4, -0.2) is 29.0 Å². The molecule has 3 rings (SSSR count). The molecule has 0 fully saturated rings. The van der Waals surface area contributed by atoms with E-state index in [0.29, 0.717) is 6.04 Å². The van der Waals surface area contributed by atoms with Crippen LogP contribution < -0.4 is 0 Å². The first-order valence-corrected chi connectivity index (χ1v) is 7.56. The van der Waals surface area contributed by atoms with Gasteiger partial charge in [-0.2, -0.15) is 0 Å². The van der Waals surface area contributed by atoms with Gasteiger partial charge in [0, 0.05) is 35.5 Å². The smallest absolute Gasteiger partial charge is 0.270 e. The number of hydrogen-bond acceptors (Lipinski definition) is 4. The second-order valence-electron chi connectivity index (χ2n) is 5.56. The standard InChI is InChI=1S/C16H20N2O3/c1-3-17(4-2)11-5-7-15-13(9-11)14-10-12(18(19)20)6-8-16(14)21-15/h6,8,10-11H,3-5,7,9H2,1-2H3. The molecule has 0 radical (unpaired) electrons. The molecule has 1 aliphatic carbocycles. The predicted octanol–water partition coefficient (Wildman–Crippen LogP) is 3.54. The maximum Gasteiger partial charge on any atom is 0.270 e. The number of hydrogen-bond donors (Lipinski definition) is 0. The SMILES string of the molecule is CCN(CC)C1CCc2oc3ccc([N+](=O)[O-])cc3c2C1. The number of furan rings is 1. The van der Waals surface area contributed by atoms with Crippen molar-refractivity contribution < 1.29 is 9.34 Å². The van der Waals surface area contributed by atoms with Crippen molar-refractivity contribution >= 4 is 16.7 Å². The van der Waals surface area contributed by atoms with Crippen molar-refractivity contribution in [3.8, 4) is 0 Å². The van der Waals surface area contributed by atoms with Gasteiger partial charge in [-0.3, -0.25) is 10.1 Å². The molecule has 5 heteroatoms. The van der Waals surface area contributed by atoms with Crippen LogP contribution in [0.5, 0.6) is 0 Å². The second-order valence-corrected chi connectivity index (χ2v) is 5.56. The van der Waals surface area contributed by atoms with E-state index in [-0.39, 0.29) is 10.6 Å². The van der Waals surface area contributed by atoms with Gasteiger partial charge in [0.25, 0.3) is 5.69 Å². The zero-order valence-electron chi connectivity index (χ0n) is 12.5. The first kappa shape index (κ1) is 14.1. The van der Waals surface area contributed by atoms with Crippen LogP contribution in [0.2, 0.25) is 0 Å². The molecule has 0 N–H and O–H groups in total. The highest BCUT2D eigenvalue weighted by molar-refractivity contribution is 5.84. The fourth-order valence-electron chi connectivity index (χ4n) is 3.41. The third kappa shape index (κ3) is 2.42.